The molecule has 0 aromatic heterocycles. The third-order valence-electron chi connectivity index (χ3n) is 5.80. The lowest BCUT2D eigenvalue weighted by Gasteiger charge is -2.39. The molecule has 114 valence electrons. The van der Waals surface area contributed by atoms with Crippen molar-refractivity contribution in [3.8, 4) is 0 Å². The molecule has 2 amide bonds. The molecule has 5 heteroatoms. The number of fused-ring (bicyclic) bond motifs is 2. The van der Waals surface area contributed by atoms with Crippen LogP contribution in [0.5, 0.6) is 0 Å². The molecule has 2 rings (SSSR count). The maximum atomic E-state index is 11.9. The summed E-state index contributed by atoms with van der Waals surface area (Å²) in [6.07, 6.45) is 3.45. The van der Waals surface area contributed by atoms with Crippen molar-refractivity contribution in [2.45, 2.75) is 53.0 Å². The zero-order valence-corrected chi connectivity index (χ0v) is 12.9. The monoisotopic (exact) mass is 282 g/mol. The van der Waals surface area contributed by atoms with Gasteiger partial charge in [-0.15, -0.1) is 0 Å². The second-order valence-electron chi connectivity index (χ2n) is 6.80. The summed E-state index contributed by atoms with van der Waals surface area (Å²) < 4.78 is 4.78. The van der Waals surface area contributed by atoms with Crippen LogP contribution in [0, 0.1) is 16.7 Å². The number of carbonyl (C=O) groups excluding carboxylic acids is 2. The van der Waals surface area contributed by atoms with E-state index in [1.807, 2.05) is 0 Å². The smallest absolute Gasteiger partial charge is 0.325 e. The Balaban J connectivity index is 1.86. The molecule has 3 atom stereocenters. The van der Waals surface area contributed by atoms with Crippen LogP contribution in [0.3, 0.4) is 0 Å². The van der Waals surface area contributed by atoms with Gasteiger partial charge in [-0.05, 0) is 42.9 Å². The maximum absolute atomic E-state index is 11.9. The number of amides is 2. The molecule has 20 heavy (non-hydrogen) atoms. The summed E-state index contributed by atoms with van der Waals surface area (Å²) in [6, 6.07) is -0.0777. The summed E-state index contributed by atoms with van der Waals surface area (Å²) in [7, 11) is 0. The van der Waals surface area contributed by atoms with Crippen molar-refractivity contribution in [1.29, 1.82) is 0 Å². The van der Waals surface area contributed by atoms with Crippen LogP contribution in [0.2, 0.25) is 0 Å². The fraction of sp³-hybridized carbons (Fsp3) is 0.867. The molecule has 0 heterocycles. The molecule has 0 aromatic carbocycles. The minimum atomic E-state index is -0.401. The predicted molar refractivity (Wildman–Crippen MR) is 76.2 cm³/mol. The van der Waals surface area contributed by atoms with Gasteiger partial charge in [0.15, 0.2) is 0 Å². The second kappa shape index (κ2) is 5.26. The van der Waals surface area contributed by atoms with E-state index in [2.05, 4.69) is 31.4 Å². The summed E-state index contributed by atoms with van der Waals surface area (Å²) in [5.74, 6) is 0.282. The van der Waals surface area contributed by atoms with Gasteiger partial charge < -0.3 is 15.4 Å². The van der Waals surface area contributed by atoms with Crippen molar-refractivity contribution < 1.29 is 14.3 Å². The number of hydrogen-bond donors (Lipinski definition) is 2. The van der Waals surface area contributed by atoms with E-state index in [1.54, 1.807) is 6.92 Å². The average molecular weight is 282 g/mol. The van der Waals surface area contributed by atoms with Crippen molar-refractivity contribution in [3.63, 3.8) is 0 Å². The molecule has 0 spiro atoms. The van der Waals surface area contributed by atoms with Gasteiger partial charge in [-0.2, -0.15) is 0 Å². The molecule has 0 aromatic rings. The van der Waals surface area contributed by atoms with Crippen LogP contribution in [0.4, 0.5) is 4.79 Å². The van der Waals surface area contributed by atoms with Crippen molar-refractivity contribution in [2.75, 3.05) is 13.2 Å². The third kappa shape index (κ3) is 2.38. The summed E-state index contributed by atoms with van der Waals surface area (Å²) in [5, 5.41) is 5.62. The second-order valence-corrected chi connectivity index (χ2v) is 6.80. The summed E-state index contributed by atoms with van der Waals surface area (Å²) in [6.45, 7) is 8.90. The number of hydrogen-bond acceptors (Lipinski definition) is 3. The Labute approximate surface area is 120 Å². The quantitative estimate of drug-likeness (QED) is 0.776. The molecule has 2 bridgehead atoms. The minimum absolute atomic E-state index is 0.0735. The Bertz CT molecular complexity index is 408. The van der Waals surface area contributed by atoms with Gasteiger partial charge in [0.2, 0.25) is 0 Å². The van der Waals surface area contributed by atoms with E-state index in [9.17, 15) is 9.59 Å². The van der Waals surface area contributed by atoms with Crippen LogP contribution in [0.15, 0.2) is 0 Å². The number of rotatable bonds is 4. The Morgan fingerprint density at radius 1 is 1.30 bits per heavy atom. The molecular formula is C15H26N2O3. The van der Waals surface area contributed by atoms with Crippen molar-refractivity contribution in [3.05, 3.63) is 0 Å². The van der Waals surface area contributed by atoms with Crippen LogP contribution < -0.4 is 10.6 Å². The summed E-state index contributed by atoms with van der Waals surface area (Å²) >= 11 is 0. The van der Waals surface area contributed by atoms with Crippen LogP contribution in [-0.4, -0.2) is 31.2 Å². The number of carbonyl (C=O) groups is 2. The van der Waals surface area contributed by atoms with Gasteiger partial charge in [-0.3, -0.25) is 4.79 Å². The highest BCUT2D eigenvalue weighted by molar-refractivity contribution is 5.81. The summed E-state index contributed by atoms with van der Waals surface area (Å²) in [5.41, 5.74) is 0.422. The zero-order chi connectivity index (χ0) is 15.0. The number of ether oxygens (including phenoxy) is 1. The van der Waals surface area contributed by atoms with Gasteiger partial charge in [0.05, 0.1) is 6.61 Å². The Morgan fingerprint density at radius 3 is 2.50 bits per heavy atom. The first-order chi connectivity index (χ1) is 9.31. The number of esters is 1. The maximum Gasteiger partial charge on any atom is 0.325 e. The average Bonchev–Trinajstić information content (AvgIpc) is 2.70. The van der Waals surface area contributed by atoms with Crippen LogP contribution >= 0.6 is 0 Å². The molecule has 2 N–H and O–H groups in total. The molecule has 2 saturated carbocycles. The van der Waals surface area contributed by atoms with Crippen LogP contribution in [0.25, 0.3) is 0 Å². The summed E-state index contributed by atoms with van der Waals surface area (Å²) in [4.78, 5) is 23.1. The predicted octanol–water partition coefficient (Wildman–Crippen LogP) is 2.06. The topological polar surface area (TPSA) is 67.4 Å². The first-order valence-electron chi connectivity index (χ1n) is 7.51. The van der Waals surface area contributed by atoms with Crippen molar-refractivity contribution in [2.24, 2.45) is 16.7 Å². The van der Waals surface area contributed by atoms with Crippen LogP contribution in [-0.2, 0) is 9.53 Å². The molecule has 2 aliphatic rings. The SMILES string of the molecule is CCOC(=O)CNC(=O)NC1CC2CCC1(C)C2(C)C. The first kappa shape index (κ1) is 15.1. The van der Waals surface area contributed by atoms with Gasteiger partial charge in [0.1, 0.15) is 6.54 Å². The largest absolute Gasteiger partial charge is 0.465 e. The van der Waals surface area contributed by atoms with E-state index in [0.717, 1.165) is 12.8 Å². The number of nitrogens with one attached hydrogen (secondary N) is 2. The Kier molecular flexibility index (Phi) is 3.98. The highest BCUT2D eigenvalue weighted by atomic mass is 16.5. The van der Waals surface area contributed by atoms with E-state index >= 15 is 0 Å². The lowest BCUT2D eigenvalue weighted by Crippen LogP contribution is -2.50. The third-order valence-corrected chi connectivity index (χ3v) is 5.80. The molecule has 0 saturated heterocycles. The molecule has 2 aliphatic carbocycles. The molecule has 0 radical (unpaired) electrons. The standard InChI is InChI=1S/C15H26N2O3/c1-5-20-12(18)9-16-13(19)17-11-8-10-6-7-15(11,4)14(10,2)3/h10-11H,5-9H2,1-4H3,(H2,16,17,19). The highest BCUT2D eigenvalue weighted by Gasteiger charge is 2.61. The molecular weight excluding hydrogens is 256 g/mol. The fourth-order valence-electron chi connectivity index (χ4n) is 4.00. The fourth-order valence-corrected chi connectivity index (χ4v) is 4.00. The van der Waals surface area contributed by atoms with Gasteiger partial charge in [0.25, 0.3) is 0 Å². The van der Waals surface area contributed by atoms with Crippen LogP contribution in [0.1, 0.15) is 47.0 Å². The van der Waals surface area contributed by atoms with Gasteiger partial charge in [-0.1, -0.05) is 20.8 Å². The van der Waals surface area contributed by atoms with E-state index in [1.165, 1.54) is 6.42 Å². The molecule has 3 unspecified atom stereocenters. The van der Waals surface area contributed by atoms with E-state index in [-0.39, 0.29) is 29.4 Å². The van der Waals surface area contributed by atoms with Gasteiger partial charge in [0, 0.05) is 6.04 Å². The Hall–Kier alpha value is -1.26. The normalized spacial score (nSPS) is 33.8. The van der Waals surface area contributed by atoms with Gasteiger partial charge >= 0.3 is 12.0 Å². The zero-order valence-electron chi connectivity index (χ0n) is 12.9. The van der Waals surface area contributed by atoms with Gasteiger partial charge in [-0.25, -0.2) is 4.79 Å². The lowest BCUT2D eigenvalue weighted by molar-refractivity contribution is -0.141. The lowest BCUT2D eigenvalue weighted by atomic mass is 9.69. The Morgan fingerprint density at radius 2 is 2.00 bits per heavy atom. The van der Waals surface area contributed by atoms with E-state index in [0.29, 0.717) is 12.5 Å². The first-order valence-corrected chi connectivity index (χ1v) is 7.51. The highest BCUT2D eigenvalue weighted by Crippen LogP contribution is 2.65. The molecule has 0 aliphatic heterocycles. The van der Waals surface area contributed by atoms with Crippen molar-refractivity contribution >= 4 is 12.0 Å². The molecule has 2 fully saturated rings. The minimum Gasteiger partial charge on any atom is -0.465 e. The van der Waals surface area contributed by atoms with E-state index in [4.69, 9.17) is 4.74 Å². The molecule has 5 nitrogen and oxygen atoms in total. The number of urea groups is 1. The van der Waals surface area contributed by atoms with E-state index < -0.39 is 5.97 Å². The van der Waals surface area contributed by atoms with Crippen molar-refractivity contribution in [1.82, 2.24) is 10.6 Å².